The molecule has 2 aromatic carbocycles. The highest BCUT2D eigenvalue weighted by molar-refractivity contribution is 6.05. The van der Waals surface area contributed by atoms with Crippen molar-refractivity contribution in [1.82, 2.24) is 0 Å². The summed E-state index contributed by atoms with van der Waals surface area (Å²) in [5.74, 6) is -0.382. The highest BCUT2D eigenvalue weighted by Crippen LogP contribution is 2.37. The van der Waals surface area contributed by atoms with Crippen LogP contribution in [-0.2, 0) is 14.3 Å². The van der Waals surface area contributed by atoms with E-state index in [1.54, 1.807) is 36.4 Å². The van der Waals surface area contributed by atoms with E-state index in [1.807, 2.05) is 19.9 Å². The van der Waals surface area contributed by atoms with Gasteiger partial charge in [-0.25, -0.2) is 0 Å². The Morgan fingerprint density at radius 3 is 1.93 bits per heavy atom. The number of methoxy groups -OCH3 is 1. The smallest absolute Gasteiger partial charge is 0.306 e. The van der Waals surface area contributed by atoms with Gasteiger partial charge in [-0.2, -0.15) is 0 Å². The summed E-state index contributed by atoms with van der Waals surface area (Å²) in [6.07, 6.45) is -0.0649. The lowest BCUT2D eigenvalue weighted by atomic mass is 10.2. The molecule has 0 aliphatic heterocycles. The summed E-state index contributed by atoms with van der Waals surface area (Å²) in [6.45, 7) is 4.33. The molecule has 160 valence electrons. The van der Waals surface area contributed by atoms with Crippen molar-refractivity contribution in [2.24, 2.45) is 0 Å². The van der Waals surface area contributed by atoms with Gasteiger partial charge in [-0.1, -0.05) is 18.2 Å². The first-order valence-corrected chi connectivity index (χ1v) is 9.65. The summed E-state index contributed by atoms with van der Waals surface area (Å²) in [6, 6.07) is 12.0. The second-order valence-electron chi connectivity index (χ2n) is 6.16. The molecule has 0 bridgehead atoms. The van der Waals surface area contributed by atoms with Gasteiger partial charge in [0.05, 0.1) is 38.1 Å². The fourth-order valence-electron chi connectivity index (χ4n) is 2.62. The van der Waals surface area contributed by atoms with Crippen LogP contribution in [-0.4, -0.2) is 38.1 Å². The van der Waals surface area contributed by atoms with Gasteiger partial charge in [0.25, 0.3) is 5.91 Å². The monoisotopic (exact) mass is 414 g/mol. The number of rotatable bonds is 10. The maximum Gasteiger partial charge on any atom is 0.306 e. The number of hydrogen-bond donors (Lipinski definition) is 2. The van der Waals surface area contributed by atoms with Crippen molar-refractivity contribution in [3.63, 3.8) is 0 Å². The van der Waals surface area contributed by atoms with E-state index < -0.39 is 5.97 Å². The summed E-state index contributed by atoms with van der Waals surface area (Å²) >= 11 is 0. The number of ether oxygens (including phenoxy) is 3. The molecule has 0 aliphatic carbocycles. The number of nitrogens with one attached hydrogen (secondary N) is 2. The predicted molar refractivity (Wildman–Crippen MR) is 113 cm³/mol. The fraction of sp³-hybridized carbons (Fsp3) is 0.318. The minimum Gasteiger partial charge on any atom is -0.492 e. The van der Waals surface area contributed by atoms with Crippen LogP contribution in [0.3, 0.4) is 0 Å². The molecule has 2 rings (SSSR count). The predicted octanol–water partition coefficient (Wildman–Crippen LogP) is 3.63. The van der Waals surface area contributed by atoms with Crippen molar-refractivity contribution < 1.29 is 28.6 Å². The van der Waals surface area contributed by atoms with Gasteiger partial charge in [-0.3, -0.25) is 14.4 Å². The number of hydrogen-bond acceptors (Lipinski definition) is 6. The van der Waals surface area contributed by atoms with Gasteiger partial charge in [0.1, 0.15) is 11.5 Å². The van der Waals surface area contributed by atoms with Gasteiger partial charge in [-0.15, -0.1) is 0 Å². The first kappa shape index (κ1) is 22.7. The molecule has 0 aliphatic rings. The summed E-state index contributed by atoms with van der Waals surface area (Å²) in [5, 5.41) is 5.54. The van der Waals surface area contributed by atoms with Crippen LogP contribution in [0.25, 0.3) is 0 Å². The van der Waals surface area contributed by atoms with E-state index in [0.29, 0.717) is 41.7 Å². The van der Waals surface area contributed by atoms with E-state index in [1.165, 1.54) is 7.11 Å². The Morgan fingerprint density at radius 1 is 0.833 bits per heavy atom. The van der Waals surface area contributed by atoms with Crippen LogP contribution in [0.1, 0.15) is 37.0 Å². The first-order valence-electron chi connectivity index (χ1n) is 9.65. The summed E-state index contributed by atoms with van der Waals surface area (Å²) < 4.78 is 15.8. The topological polar surface area (TPSA) is 103 Å². The molecule has 2 N–H and O–H groups in total. The average Bonchev–Trinajstić information content (AvgIpc) is 2.75. The molecule has 0 radical (unpaired) electrons. The summed E-state index contributed by atoms with van der Waals surface area (Å²) in [4.78, 5) is 36.0. The second-order valence-corrected chi connectivity index (χ2v) is 6.16. The van der Waals surface area contributed by atoms with Crippen molar-refractivity contribution >= 4 is 29.2 Å². The Kier molecular flexibility index (Phi) is 8.68. The molecule has 2 aromatic rings. The Morgan fingerprint density at radius 2 is 1.40 bits per heavy atom. The molecule has 0 aromatic heterocycles. The molecule has 0 saturated carbocycles. The third kappa shape index (κ3) is 6.51. The van der Waals surface area contributed by atoms with Crippen LogP contribution in [0.5, 0.6) is 11.5 Å². The maximum absolute atomic E-state index is 12.6. The average molecular weight is 414 g/mol. The quantitative estimate of drug-likeness (QED) is 0.576. The molecule has 0 unspecified atom stereocenters. The minimum atomic E-state index is -0.468. The third-order valence-corrected chi connectivity index (χ3v) is 4.02. The Labute approximate surface area is 175 Å². The third-order valence-electron chi connectivity index (χ3n) is 4.02. The molecule has 8 nitrogen and oxygen atoms in total. The SMILES string of the molecule is CCOc1cc(NC(=O)c2ccccc2)c(OCC)cc1NC(=O)CCC(=O)OC. The van der Waals surface area contributed by atoms with Gasteiger partial charge < -0.3 is 24.8 Å². The largest absolute Gasteiger partial charge is 0.492 e. The van der Waals surface area contributed by atoms with E-state index in [-0.39, 0.29) is 24.7 Å². The molecule has 0 fully saturated rings. The number of carbonyl (C=O) groups is 3. The van der Waals surface area contributed by atoms with Crippen LogP contribution in [0.2, 0.25) is 0 Å². The first-order chi connectivity index (χ1) is 14.5. The lowest BCUT2D eigenvalue weighted by Gasteiger charge is -2.18. The van der Waals surface area contributed by atoms with Crippen LogP contribution < -0.4 is 20.1 Å². The molecule has 0 heterocycles. The Balaban J connectivity index is 2.28. The van der Waals surface area contributed by atoms with E-state index >= 15 is 0 Å². The molecule has 0 saturated heterocycles. The van der Waals surface area contributed by atoms with Gasteiger partial charge in [0.2, 0.25) is 5.91 Å². The highest BCUT2D eigenvalue weighted by Gasteiger charge is 2.17. The maximum atomic E-state index is 12.6. The van der Waals surface area contributed by atoms with Crippen LogP contribution in [0.15, 0.2) is 42.5 Å². The molecular formula is C22H26N2O6. The van der Waals surface area contributed by atoms with Gasteiger partial charge in [0, 0.05) is 24.1 Å². The highest BCUT2D eigenvalue weighted by atomic mass is 16.5. The van der Waals surface area contributed by atoms with Crippen molar-refractivity contribution in [3.8, 4) is 11.5 Å². The minimum absolute atomic E-state index is 0.0319. The standard InChI is InChI=1S/C22H26N2O6/c1-4-29-18-14-17(24-22(27)15-9-7-6-8-10-15)19(30-5-2)13-16(18)23-20(25)11-12-21(26)28-3/h6-10,13-14H,4-5,11-12H2,1-3H3,(H,23,25)(H,24,27). The van der Waals surface area contributed by atoms with E-state index in [9.17, 15) is 14.4 Å². The fourth-order valence-corrected chi connectivity index (χ4v) is 2.62. The number of anilines is 2. The normalized spacial score (nSPS) is 10.1. The lowest BCUT2D eigenvalue weighted by molar-refractivity contribution is -0.141. The van der Waals surface area contributed by atoms with Crippen LogP contribution >= 0.6 is 0 Å². The lowest BCUT2D eigenvalue weighted by Crippen LogP contribution is -2.16. The molecule has 8 heteroatoms. The molecule has 0 atom stereocenters. The summed E-state index contributed by atoms with van der Waals surface area (Å²) in [7, 11) is 1.27. The molecule has 0 spiro atoms. The zero-order valence-electron chi connectivity index (χ0n) is 17.3. The van der Waals surface area contributed by atoms with Crippen molar-refractivity contribution in [1.29, 1.82) is 0 Å². The summed E-state index contributed by atoms with van der Waals surface area (Å²) in [5.41, 5.74) is 1.30. The van der Waals surface area contributed by atoms with Gasteiger partial charge in [-0.05, 0) is 26.0 Å². The van der Waals surface area contributed by atoms with E-state index in [0.717, 1.165) is 0 Å². The van der Waals surface area contributed by atoms with Crippen LogP contribution in [0, 0.1) is 0 Å². The second kappa shape index (κ2) is 11.5. The molecule has 2 amide bonds. The van der Waals surface area contributed by atoms with Crippen molar-refractivity contribution in [2.75, 3.05) is 31.0 Å². The zero-order chi connectivity index (χ0) is 21.9. The Bertz CT molecular complexity index is 883. The van der Waals surface area contributed by atoms with Crippen molar-refractivity contribution in [3.05, 3.63) is 48.0 Å². The van der Waals surface area contributed by atoms with E-state index in [2.05, 4.69) is 15.4 Å². The van der Waals surface area contributed by atoms with Gasteiger partial charge >= 0.3 is 5.97 Å². The van der Waals surface area contributed by atoms with Crippen molar-refractivity contribution in [2.45, 2.75) is 26.7 Å². The van der Waals surface area contributed by atoms with E-state index in [4.69, 9.17) is 9.47 Å². The number of carbonyl (C=O) groups excluding carboxylic acids is 3. The number of amides is 2. The number of benzene rings is 2. The van der Waals surface area contributed by atoms with Crippen LogP contribution in [0.4, 0.5) is 11.4 Å². The number of esters is 1. The van der Waals surface area contributed by atoms with Gasteiger partial charge in [0.15, 0.2) is 0 Å². The zero-order valence-corrected chi connectivity index (χ0v) is 17.3. The Hall–Kier alpha value is -3.55. The molecular weight excluding hydrogens is 388 g/mol. The molecule has 30 heavy (non-hydrogen) atoms.